The Morgan fingerprint density at radius 1 is 0.727 bits per heavy atom. The fraction of sp³-hybridized carbons (Fsp3) is 0.667. The summed E-state index contributed by atoms with van der Waals surface area (Å²) >= 11 is 0. The molecule has 0 spiro atoms. The minimum atomic E-state index is -2.97. The molecule has 5 N–H and O–H groups in total. The summed E-state index contributed by atoms with van der Waals surface area (Å²) in [5, 5.41) is 94.0. The standard InChI is InChI=1S/C6H8O7.C6H11O7.ClH.6K/c7-3(8)1-6(13,5(11)12)2-4(9)10;7-1-2(8)3(9)4(10)5(11)6(12)13;;;;;;;/h13H,1-2H2,(H,7,8)(H,9,10)(H,11,12);2-5,7-10H,1H2,(H,12,13);1H;;;;;;/q;-1;;6*+1/p-5/t;2-,3-,4+,5-;;;;;;;/m.1......./s1. The summed E-state index contributed by atoms with van der Waals surface area (Å²) in [5.41, 5.74) is -2.97. The van der Waals surface area contributed by atoms with Crippen molar-refractivity contribution in [3.8, 4) is 0 Å². The first-order valence-electron chi connectivity index (χ1n) is 6.54. The second-order valence-corrected chi connectivity index (χ2v) is 4.89. The molecule has 33 heavy (non-hydrogen) atoms. The maximum atomic E-state index is 10.5. The molecule has 0 amide bonds. The smallest absolute Gasteiger partial charge is 1.00 e. The molecular formula is C12H15ClK6O14. The van der Waals surface area contributed by atoms with Gasteiger partial charge in [-0.1, -0.05) is 6.10 Å². The van der Waals surface area contributed by atoms with Crippen LogP contribution in [-0.4, -0.2) is 86.0 Å². The van der Waals surface area contributed by atoms with E-state index in [0.29, 0.717) is 0 Å². The molecule has 0 heterocycles. The zero-order valence-electron chi connectivity index (χ0n) is 19.2. The molecule has 160 valence electrons. The zero-order valence-corrected chi connectivity index (χ0v) is 38.7. The molecule has 4 atom stereocenters. The predicted molar refractivity (Wildman–Crippen MR) is 63.1 cm³/mol. The minimum absolute atomic E-state index is 0. The number of carboxylic acids is 4. The summed E-state index contributed by atoms with van der Waals surface area (Å²) in [6.07, 6.45) is -11.3. The number of carboxylic acid groups (broad SMARTS) is 4. The molecule has 0 fully saturated rings. The van der Waals surface area contributed by atoms with Crippen molar-refractivity contribution >= 4 is 23.9 Å². The third kappa shape index (κ3) is 32.5. The minimum Gasteiger partial charge on any atom is -1.00 e. The van der Waals surface area contributed by atoms with Gasteiger partial charge in [-0.15, -0.1) is 0 Å². The Labute approximate surface area is 450 Å². The Kier molecular flexibility index (Phi) is 69.6. The van der Waals surface area contributed by atoms with E-state index in [2.05, 4.69) is 0 Å². The molecule has 0 aliphatic rings. The van der Waals surface area contributed by atoms with E-state index in [9.17, 15) is 44.7 Å². The van der Waals surface area contributed by atoms with Crippen LogP contribution >= 0.6 is 0 Å². The first-order chi connectivity index (χ1) is 11.7. The molecule has 0 saturated carbocycles. The molecular weight excluding hydrogens is 638 g/mol. The molecule has 0 bridgehead atoms. The van der Waals surface area contributed by atoms with Crippen molar-refractivity contribution in [2.75, 3.05) is 6.61 Å². The summed E-state index contributed by atoms with van der Waals surface area (Å²) in [6.45, 7) is -0.891. The number of halogens is 1. The fourth-order valence-electron chi connectivity index (χ4n) is 1.34. The predicted octanol–water partition coefficient (Wildman–Crippen LogP) is -31.7. The van der Waals surface area contributed by atoms with Crippen LogP contribution in [0.3, 0.4) is 0 Å². The van der Waals surface area contributed by atoms with Crippen LogP contribution in [0.1, 0.15) is 12.8 Å². The molecule has 0 aromatic heterocycles. The van der Waals surface area contributed by atoms with Crippen LogP contribution < -0.4 is 346 Å². The maximum absolute atomic E-state index is 10.5. The van der Waals surface area contributed by atoms with Gasteiger partial charge in [0.25, 0.3) is 0 Å². The number of aliphatic hydroxyl groups is 5. The Hall–Kier alpha value is 7.75. The van der Waals surface area contributed by atoms with Crippen molar-refractivity contribution in [3.05, 3.63) is 0 Å². The molecule has 0 aromatic rings. The molecule has 0 aliphatic carbocycles. The molecule has 0 aliphatic heterocycles. The van der Waals surface area contributed by atoms with Crippen LogP contribution in [0.5, 0.6) is 0 Å². The van der Waals surface area contributed by atoms with Crippen molar-refractivity contribution in [3.63, 3.8) is 0 Å². The number of aliphatic hydroxyl groups excluding tert-OH is 4. The van der Waals surface area contributed by atoms with Gasteiger partial charge in [0.2, 0.25) is 0 Å². The molecule has 0 unspecified atom stereocenters. The van der Waals surface area contributed by atoms with Gasteiger partial charge in [0.15, 0.2) is 0 Å². The molecule has 21 heteroatoms. The van der Waals surface area contributed by atoms with E-state index >= 15 is 0 Å². The molecule has 0 rings (SSSR count). The summed E-state index contributed by atoms with van der Waals surface area (Å²) < 4.78 is 0. The number of carbonyl (C=O) groups excluding carboxylic acids is 4. The van der Waals surface area contributed by atoms with Gasteiger partial charge in [-0.2, -0.15) is 0 Å². The van der Waals surface area contributed by atoms with E-state index in [-0.39, 0.29) is 321 Å². The molecule has 14 nitrogen and oxygen atoms in total. The first-order valence-corrected chi connectivity index (χ1v) is 6.54. The van der Waals surface area contributed by atoms with Crippen molar-refractivity contribution in [2.24, 2.45) is 0 Å². The largest absolute Gasteiger partial charge is 1.00 e. The average molecular weight is 653 g/mol. The molecule has 0 aromatic carbocycles. The fourth-order valence-corrected chi connectivity index (χ4v) is 1.34. The number of rotatable bonds is 10. The number of hydrogen-bond acceptors (Lipinski definition) is 14. The van der Waals surface area contributed by atoms with Crippen molar-refractivity contribution in [2.45, 2.75) is 42.9 Å². The Morgan fingerprint density at radius 2 is 1.03 bits per heavy atom. The van der Waals surface area contributed by atoms with Gasteiger partial charge in [0.1, 0.15) is 17.8 Å². The van der Waals surface area contributed by atoms with Crippen LogP contribution in [0.25, 0.3) is 0 Å². The van der Waals surface area contributed by atoms with Gasteiger partial charge < -0.3 is 82.7 Å². The summed E-state index contributed by atoms with van der Waals surface area (Å²) in [7, 11) is 0. The summed E-state index contributed by atoms with van der Waals surface area (Å²) in [5.74, 6) is -8.07. The van der Waals surface area contributed by atoms with E-state index < -0.39 is 73.3 Å². The summed E-state index contributed by atoms with van der Waals surface area (Å²) in [4.78, 5) is 39.9. The molecule has 0 radical (unpaired) electrons. The second kappa shape index (κ2) is 35.9. The maximum Gasteiger partial charge on any atom is 1.00 e. The zero-order chi connectivity index (χ0) is 21.2. The monoisotopic (exact) mass is 652 g/mol. The normalized spacial score (nSPS) is 12.3. The van der Waals surface area contributed by atoms with Crippen molar-refractivity contribution in [1.82, 2.24) is 0 Å². The quantitative estimate of drug-likeness (QED) is 0.137. The van der Waals surface area contributed by atoms with Crippen LogP contribution in [0.2, 0.25) is 0 Å². The number of aliphatic carboxylic acids is 4. The number of carbonyl (C=O) groups is 4. The van der Waals surface area contributed by atoms with Gasteiger partial charge >= 0.3 is 308 Å². The second-order valence-electron chi connectivity index (χ2n) is 4.89. The third-order valence-corrected chi connectivity index (χ3v) is 2.73. The first kappa shape index (κ1) is 63.9. The third-order valence-electron chi connectivity index (χ3n) is 2.73. The number of hydrogen-bond donors (Lipinski definition) is 5. The Morgan fingerprint density at radius 3 is 1.21 bits per heavy atom. The van der Waals surface area contributed by atoms with E-state index in [0.717, 1.165) is 0 Å². The van der Waals surface area contributed by atoms with E-state index in [4.69, 9.17) is 25.5 Å². The van der Waals surface area contributed by atoms with E-state index in [1.165, 1.54) is 0 Å². The van der Waals surface area contributed by atoms with Crippen molar-refractivity contribution < 1.29 is 391 Å². The van der Waals surface area contributed by atoms with Gasteiger partial charge in [0.05, 0.1) is 18.7 Å². The SMILES string of the molecule is O=C([O-])CC(O)(CC(=O)[O-])C(=O)[O-].O=C([O-])[C@H]([O-])[C@@H](O)[C@H](O)[C@H](O)CO.[Cl-].[K+].[K+].[K+].[K+].[K+].[K+]. The van der Waals surface area contributed by atoms with Gasteiger partial charge in [-0.25, -0.2) is 0 Å². The molecule has 0 saturated heterocycles. The van der Waals surface area contributed by atoms with Gasteiger partial charge in [-0.3, -0.25) is 0 Å². The van der Waals surface area contributed by atoms with Crippen molar-refractivity contribution in [1.29, 1.82) is 0 Å². The van der Waals surface area contributed by atoms with E-state index in [1.54, 1.807) is 0 Å². The van der Waals surface area contributed by atoms with Crippen LogP contribution in [0.4, 0.5) is 0 Å². The van der Waals surface area contributed by atoms with Gasteiger partial charge in [-0.05, 0) is 0 Å². The topological polar surface area (TPSA) is 285 Å². The average Bonchev–Trinajstić information content (AvgIpc) is 2.50. The Balaban J connectivity index is -0.0000000411. The van der Waals surface area contributed by atoms with Crippen LogP contribution in [0, 0.1) is 0 Å². The Bertz CT molecular complexity index is 515. The van der Waals surface area contributed by atoms with Crippen LogP contribution in [0.15, 0.2) is 0 Å². The van der Waals surface area contributed by atoms with Gasteiger partial charge in [0, 0.05) is 30.7 Å². The van der Waals surface area contributed by atoms with E-state index in [1.807, 2.05) is 0 Å². The van der Waals surface area contributed by atoms with Crippen LogP contribution in [-0.2, 0) is 19.2 Å². The summed E-state index contributed by atoms with van der Waals surface area (Å²) in [6, 6.07) is 0.